The molecule has 2 atom stereocenters. The summed E-state index contributed by atoms with van der Waals surface area (Å²) in [6, 6.07) is 6.42. The van der Waals surface area contributed by atoms with Gasteiger partial charge in [-0.3, -0.25) is 4.79 Å². The van der Waals surface area contributed by atoms with Crippen LogP contribution in [-0.2, 0) is 4.79 Å². The summed E-state index contributed by atoms with van der Waals surface area (Å²) in [7, 11) is 3.34. The van der Waals surface area contributed by atoms with Gasteiger partial charge in [0, 0.05) is 42.7 Å². The zero-order valence-corrected chi connectivity index (χ0v) is 15.6. The molecule has 0 aromatic heterocycles. The van der Waals surface area contributed by atoms with Crippen molar-refractivity contribution in [1.29, 1.82) is 0 Å². The number of likely N-dealkylation sites (tertiary alicyclic amines) is 1. The van der Waals surface area contributed by atoms with Gasteiger partial charge in [0.15, 0.2) is 0 Å². The van der Waals surface area contributed by atoms with E-state index in [9.17, 15) is 4.79 Å². The van der Waals surface area contributed by atoms with E-state index < -0.39 is 0 Å². The summed E-state index contributed by atoms with van der Waals surface area (Å²) < 4.78 is 10.8. The molecule has 1 saturated heterocycles. The first kappa shape index (κ1) is 18.1. The van der Waals surface area contributed by atoms with Crippen molar-refractivity contribution in [3.63, 3.8) is 0 Å². The van der Waals surface area contributed by atoms with Gasteiger partial charge in [-0.2, -0.15) is 0 Å². The molecule has 2 fully saturated rings. The van der Waals surface area contributed by atoms with E-state index in [0.29, 0.717) is 11.9 Å². The Morgan fingerprint density at radius 2 is 1.96 bits per heavy atom. The molecule has 1 heterocycles. The number of benzene rings is 1. The normalized spacial score (nSPS) is 22.2. The molecule has 0 unspecified atom stereocenters. The highest BCUT2D eigenvalue weighted by Crippen LogP contribution is 2.31. The second-order valence-corrected chi connectivity index (χ2v) is 7.25. The molecule has 0 bridgehead atoms. The van der Waals surface area contributed by atoms with E-state index in [1.165, 1.54) is 12.8 Å². The number of nitrogens with zero attached hydrogens (tertiary/aromatic N) is 1. The van der Waals surface area contributed by atoms with E-state index in [2.05, 4.69) is 17.1 Å². The van der Waals surface area contributed by atoms with E-state index in [-0.39, 0.29) is 12.0 Å². The number of hydrogen-bond acceptors (Lipinski definition) is 4. The fraction of sp³-hybridized carbons (Fsp3) is 0.650. The van der Waals surface area contributed by atoms with Crippen LogP contribution in [0.1, 0.15) is 50.6 Å². The average Bonchev–Trinajstić information content (AvgIpc) is 3.32. The Bertz CT molecular complexity index is 599. The maximum atomic E-state index is 12.6. The number of methoxy groups -OCH3 is 2. The van der Waals surface area contributed by atoms with Crippen LogP contribution in [0.4, 0.5) is 0 Å². The van der Waals surface area contributed by atoms with Gasteiger partial charge in [0.25, 0.3) is 0 Å². The lowest BCUT2D eigenvalue weighted by Gasteiger charge is -2.23. The van der Waals surface area contributed by atoms with Gasteiger partial charge in [-0.05, 0) is 32.3 Å². The summed E-state index contributed by atoms with van der Waals surface area (Å²) >= 11 is 0. The Morgan fingerprint density at radius 3 is 2.64 bits per heavy atom. The third-order valence-electron chi connectivity index (χ3n) is 5.60. The summed E-state index contributed by atoms with van der Waals surface area (Å²) in [5, 5.41) is 3.67. The largest absolute Gasteiger partial charge is 0.497 e. The van der Waals surface area contributed by atoms with Gasteiger partial charge in [-0.1, -0.05) is 18.9 Å². The number of rotatable bonds is 6. The van der Waals surface area contributed by atoms with E-state index in [1.54, 1.807) is 14.2 Å². The highest BCUT2D eigenvalue weighted by molar-refractivity contribution is 5.79. The minimum Gasteiger partial charge on any atom is -0.497 e. The molecule has 1 amide bonds. The van der Waals surface area contributed by atoms with Crippen LogP contribution < -0.4 is 14.8 Å². The van der Waals surface area contributed by atoms with Crippen molar-refractivity contribution in [3.05, 3.63) is 23.8 Å². The van der Waals surface area contributed by atoms with Crippen LogP contribution >= 0.6 is 0 Å². The van der Waals surface area contributed by atoms with Crippen LogP contribution in [0.3, 0.4) is 0 Å². The summed E-state index contributed by atoms with van der Waals surface area (Å²) in [5.74, 6) is 2.27. The average molecular weight is 346 g/mol. The first-order chi connectivity index (χ1) is 12.1. The molecule has 5 heteroatoms. The van der Waals surface area contributed by atoms with Gasteiger partial charge < -0.3 is 19.7 Å². The Balaban J connectivity index is 1.58. The van der Waals surface area contributed by atoms with E-state index in [1.807, 2.05) is 18.2 Å². The number of nitrogens with one attached hydrogen (secondary N) is 1. The molecule has 0 radical (unpaired) electrons. The highest BCUT2D eigenvalue weighted by Gasteiger charge is 2.32. The number of hydrogen-bond donors (Lipinski definition) is 1. The quantitative estimate of drug-likeness (QED) is 0.860. The van der Waals surface area contributed by atoms with Crippen LogP contribution in [0.5, 0.6) is 11.5 Å². The van der Waals surface area contributed by atoms with Gasteiger partial charge in [-0.25, -0.2) is 0 Å². The van der Waals surface area contributed by atoms with Gasteiger partial charge in [-0.15, -0.1) is 0 Å². The van der Waals surface area contributed by atoms with Crippen molar-refractivity contribution in [2.75, 3.05) is 27.3 Å². The molecular weight excluding hydrogens is 316 g/mol. The number of carbonyl (C=O) groups is 1. The maximum absolute atomic E-state index is 12.6. The van der Waals surface area contributed by atoms with Crippen LogP contribution in [0, 0.1) is 5.92 Å². The molecule has 5 nitrogen and oxygen atoms in total. The van der Waals surface area contributed by atoms with Crippen LogP contribution in [0.25, 0.3) is 0 Å². The monoisotopic (exact) mass is 346 g/mol. The number of carbonyl (C=O) groups excluding carboxylic acids is 1. The molecule has 2 aliphatic rings. The lowest BCUT2D eigenvalue weighted by atomic mass is 10.1. The van der Waals surface area contributed by atoms with Crippen molar-refractivity contribution in [2.24, 2.45) is 5.92 Å². The fourth-order valence-electron chi connectivity index (χ4n) is 4.15. The van der Waals surface area contributed by atoms with Crippen molar-refractivity contribution < 1.29 is 14.3 Å². The van der Waals surface area contributed by atoms with Gasteiger partial charge in [0.2, 0.25) is 5.91 Å². The number of ether oxygens (including phenoxy) is 2. The molecule has 1 aromatic rings. The SMILES string of the molecule is COc1ccc([C@@H](C)N[C@@H]2CCN(C(=O)C3CCCC3)C2)c(OC)c1. The van der Waals surface area contributed by atoms with E-state index >= 15 is 0 Å². The summed E-state index contributed by atoms with van der Waals surface area (Å²) in [6.45, 7) is 3.84. The van der Waals surface area contributed by atoms with Crippen molar-refractivity contribution >= 4 is 5.91 Å². The molecule has 1 aliphatic carbocycles. The smallest absolute Gasteiger partial charge is 0.225 e. The fourth-order valence-corrected chi connectivity index (χ4v) is 4.15. The van der Waals surface area contributed by atoms with E-state index in [0.717, 1.165) is 49.4 Å². The standard InChI is InChI=1S/C20H30N2O3/c1-14(18-9-8-17(24-2)12-19(18)25-3)21-16-10-11-22(13-16)20(23)15-6-4-5-7-15/h8-9,12,14-16,21H,4-7,10-11,13H2,1-3H3/t14-,16-/m1/s1. The summed E-state index contributed by atoms with van der Waals surface area (Å²) in [6.07, 6.45) is 5.58. The Labute approximate surface area is 150 Å². The zero-order valence-electron chi connectivity index (χ0n) is 15.6. The number of amides is 1. The van der Waals surface area contributed by atoms with Gasteiger partial charge in [0.1, 0.15) is 11.5 Å². The van der Waals surface area contributed by atoms with Crippen molar-refractivity contribution in [1.82, 2.24) is 10.2 Å². The summed E-state index contributed by atoms with van der Waals surface area (Å²) in [5.41, 5.74) is 1.11. The second-order valence-electron chi connectivity index (χ2n) is 7.25. The molecule has 25 heavy (non-hydrogen) atoms. The minimum absolute atomic E-state index is 0.160. The Morgan fingerprint density at radius 1 is 1.20 bits per heavy atom. The third kappa shape index (κ3) is 4.09. The first-order valence-corrected chi connectivity index (χ1v) is 9.39. The molecule has 1 saturated carbocycles. The Hall–Kier alpha value is -1.75. The predicted molar refractivity (Wildman–Crippen MR) is 98.0 cm³/mol. The van der Waals surface area contributed by atoms with Gasteiger partial charge >= 0.3 is 0 Å². The van der Waals surface area contributed by atoms with Crippen LogP contribution in [-0.4, -0.2) is 44.2 Å². The van der Waals surface area contributed by atoms with E-state index in [4.69, 9.17) is 9.47 Å². The van der Waals surface area contributed by atoms with Crippen LogP contribution in [0.15, 0.2) is 18.2 Å². The van der Waals surface area contributed by atoms with Crippen LogP contribution in [0.2, 0.25) is 0 Å². The lowest BCUT2D eigenvalue weighted by molar-refractivity contribution is -0.134. The maximum Gasteiger partial charge on any atom is 0.225 e. The second kappa shape index (κ2) is 8.09. The third-order valence-corrected chi connectivity index (χ3v) is 5.60. The molecular formula is C20H30N2O3. The molecule has 138 valence electrons. The minimum atomic E-state index is 0.160. The molecule has 0 spiro atoms. The van der Waals surface area contributed by atoms with Gasteiger partial charge in [0.05, 0.1) is 14.2 Å². The first-order valence-electron chi connectivity index (χ1n) is 9.39. The van der Waals surface area contributed by atoms with Crippen molar-refractivity contribution in [3.8, 4) is 11.5 Å². The molecule has 1 aliphatic heterocycles. The zero-order chi connectivity index (χ0) is 17.8. The predicted octanol–water partition coefficient (Wildman–Crippen LogP) is 3.15. The Kier molecular flexibility index (Phi) is 5.84. The van der Waals surface area contributed by atoms with Crippen molar-refractivity contribution in [2.45, 2.75) is 51.1 Å². The lowest BCUT2D eigenvalue weighted by Crippen LogP contribution is -2.38. The molecule has 1 N–H and O–H groups in total. The highest BCUT2D eigenvalue weighted by atomic mass is 16.5. The summed E-state index contributed by atoms with van der Waals surface area (Å²) in [4.78, 5) is 14.6. The topological polar surface area (TPSA) is 50.8 Å². The molecule has 3 rings (SSSR count). The molecule has 1 aromatic carbocycles.